The van der Waals surface area contributed by atoms with E-state index in [-0.39, 0.29) is 6.04 Å². The van der Waals surface area contributed by atoms with Gasteiger partial charge < -0.3 is 10.5 Å². The van der Waals surface area contributed by atoms with E-state index in [0.717, 1.165) is 33.4 Å². The fourth-order valence-corrected chi connectivity index (χ4v) is 3.29. The minimum absolute atomic E-state index is 0.177. The lowest BCUT2D eigenvalue weighted by atomic mass is 10.1. The Morgan fingerprint density at radius 3 is 2.76 bits per heavy atom. The van der Waals surface area contributed by atoms with Gasteiger partial charge in [0, 0.05) is 20.9 Å². The maximum atomic E-state index is 6.14. The Hall–Kier alpha value is -1.16. The van der Waals surface area contributed by atoms with Crippen LogP contribution in [0.2, 0.25) is 5.02 Å². The third-order valence-electron chi connectivity index (χ3n) is 3.30. The summed E-state index contributed by atoms with van der Waals surface area (Å²) in [7, 11) is 1.68. The minimum atomic E-state index is 0.177. The van der Waals surface area contributed by atoms with Gasteiger partial charge in [-0.05, 0) is 48.7 Å². The summed E-state index contributed by atoms with van der Waals surface area (Å²) in [4.78, 5) is 2.28. The van der Waals surface area contributed by atoms with Crippen molar-refractivity contribution in [3.63, 3.8) is 0 Å². The van der Waals surface area contributed by atoms with Gasteiger partial charge in [0.2, 0.25) is 0 Å². The van der Waals surface area contributed by atoms with Gasteiger partial charge >= 0.3 is 0 Å². The van der Waals surface area contributed by atoms with Crippen LogP contribution in [0.5, 0.6) is 5.75 Å². The lowest BCUT2D eigenvalue weighted by molar-refractivity contribution is 0.413. The number of nitrogens with two attached hydrogens (primary N) is 1. The maximum absolute atomic E-state index is 6.14. The van der Waals surface area contributed by atoms with Crippen LogP contribution in [0.15, 0.2) is 52.3 Å². The van der Waals surface area contributed by atoms with Crippen molar-refractivity contribution in [1.82, 2.24) is 0 Å². The molecule has 0 bridgehead atoms. The zero-order chi connectivity index (χ0) is 15.2. The molecule has 0 aliphatic heterocycles. The minimum Gasteiger partial charge on any atom is -0.497 e. The first-order valence-corrected chi connectivity index (χ1v) is 8.17. The van der Waals surface area contributed by atoms with E-state index in [1.807, 2.05) is 30.3 Å². The monoisotopic (exact) mass is 321 g/mol. The van der Waals surface area contributed by atoms with Gasteiger partial charge in [0.15, 0.2) is 0 Å². The summed E-state index contributed by atoms with van der Waals surface area (Å²) in [5, 5.41) is 0.745. The van der Waals surface area contributed by atoms with E-state index in [0.29, 0.717) is 0 Å². The zero-order valence-electron chi connectivity index (χ0n) is 12.3. The quantitative estimate of drug-likeness (QED) is 0.831. The fraction of sp³-hybridized carbons (Fsp3) is 0.294. The van der Waals surface area contributed by atoms with Crippen LogP contribution < -0.4 is 10.5 Å². The number of rotatable bonds is 6. The molecule has 0 amide bonds. The Balaban J connectivity index is 2.26. The van der Waals surface area contributed by atoms with E-state index in [2.05, 4.69) is 19.1 Å². The lowest BCUT2D eigenvalue weighted by Gasteiger charge is -2.14. The standard InChI is InChI=1S/C17H20ClNOS/c1-3-14(19)9-12-7-8-13(18)10-17(12)21-16-6-4-5-15(11-16)20-2/h4-8,10-11,14H,3,9,19H2,1-2H3. The van der Waals surface area contributed by atoms with Crippen molar-refractivity contribution in [1.29, 1.82) is 0 Å². The predicted molar refractivity (Wildman–Crippen MR) is 90.5 cm³/mol. The second-order valence-electron chi connectivity index (χ2n) is 4.91. The van der Waals surface area contributed by atoms with E-state index >= 15 is 0 Å². The summed E-state index contributed by atoms with van der Waals surface area (Å²) in [6.45, 7) is 2.11. The molecule has 2 nitrogen and oxygen atoms in total. The van der Waals surface area contributed by atoms with Crippen molar-refractivity contribution in [2.24, 2.45) is 5.73 Å². The van der Waals surface area contributed by atoms with Gasteiger partial charge in [-0.15, -0.1) is 0 Å². The molecular formula is C17H20ClNOS. The molecule has 0 saturated heterocycles. The van der Waals surface area contributed by atoms with E-state index in [4.69, 9.17) is 22.1 Å². The Morgan fingerprint density at radius 2 is 2.05 bits per heavy atom. The summed E-state index contributed by atoms with van der Waals surface area (Å²) < 4.78 is 5.27. The molecule has 0 radical (unpaired) electrons. The normalized spacial score (nSPS) is 12.2. The number of benzene rings is 2. The van der Waals surface area contributed by atoms with Crippen LogP contribution in [-0.4, -0.2) is 13.2 Å². The van der Waals surface area contributed by atoms with Crippen molar-refractivity contribution in [3.05, 3.63) is 53.1 Å². The average molecular weight is 322 g/mol. The van der Waals surface area contributed by atoms with Crippen molar-refractivity contribution >= 4 is 23.4 Å². The molecule has 2 rings (SSSR count). The molecule has 112 valence electrons. The average Bonchev–Trinajstić information content (AvgIpc) is 2.50. The molecule has 0 spiro atoms. The highest BCUT2D eigenvalue weighted by Gasteiger charge is 2.09. The molecule has 0 heterocycles. The molecule has 2 N–H and O–H groups in total. The van der Waals surface area contributed by atoms with Crippen LogP contribution >= 0.6 is 23.4 Å². The Bertz CT molecular complexity index is 603. The highest BCUT2D eigenvalue weighted by Crippen LogP contribution is 2.34. The van der Waals surface area contributed by atoms with Crippen LogP contribution in [0, 0.1) is 0 Å². The van der Waals surface area contributed by atoms with Crippen LogP contribution in [0.1, 0.15) is 18.9 Å². The molecule has 0 aromatic heterocycles. The van der Waals surface area contributed by atoms with E-state index in [9.17, 15) is 0 Å². The van der Waals surface area contributed by atoms with E-state index in [1.54, 1.807) is 18.9 Å². The van der Waals surface area contributed by atoms with E-state index < -0.39 is 0 Å². The number of methoxy groups -OCH3 is 1. The van der Waals surface area contributed by atoms with Crippen LogP contribution in [0.3, 0.4) is 0 Å². The molecule has 2 aromatic carbocycles. The molecule has 0 fully saturated rings. The van der Waals surface area contributed by atoms with Crippen molar-refractivity contribution < 1.29 is 4.74 Å². The van der Waals surface area contributed by atoms with Crippen molar-refractivity contribution in [3.8, 4) is 5.75 Å². The Morgan fingerprint density at radius 1 is 1.24 bits per heavy atom. The van der Waals surface area contributed by atoms with Crippen molar-refractivity contribution in [2.75, 3.05) is 7.11 Å². The smallest absolute Gasteiger partial charge is 0.119 e. The van der Waals surface area contributed by atoms with E-state index in [1.165, 1.54) is 5.56 Å². The van der Waals surface area contributed by atoms with Crippen molar-refractivity contribution in [2.45, 2.75) is 35.6 Å². The second-order valence-corrected chi connectivity index (χ2v) is 6.46. The lowest BCUT2D eigenvalue weighted by Crippen LogP contribution is -2.21. The largest absolute Gasteiger partial charge is 0.497 e. The second kappa shape index (κ2) is 7.74. The zero-order valence-corrected chi connectivity index (χ0v) is 13.9. The highest BCUT2D eigenvalue weighted by atomic mass is 35.5. The first-order valence-electron chi connectivity index (χ1n) is 6.98. The molecule has 2 aromatic rings. The summed E-state index contributed by atoms with van der Waals surface area (Å²) in [5.41, 5.74) is 7.33. The molecule has 0 saturated carbocycles. The number of halogens is 1. The molecule has 4 heteroatoms. The molecule has 1 atom stereocenters. The summed E-state index contributed by atoms with van der Waals surface area (Å²) in [6.07, 6.45) is 1.83. The van der Waals surface area contributed by atoms with Gasteiger partial charge in [-0.25, -0.2) is 0 Å². The third kappa shape index (κ3) is 4.67. The van der Waals surface area contributed by atoms with Crippen LogP contribution in [-0.2, 0) is 6.42 Å². The molecular weight excluding hydrogens is 302 g/mol. The van der Waals surface area contributed by atoms with Gasteiger partial charge in [0.05, 0.1) is 7.11 Å². The first kappa shape index (κ1) is 16.2. The van der Waals surface area contributed by atoms with Crippen LogP contribution in [0.4, 0.5) is 0 Å². The maximum Gasteiger partial charge on any atom is 0.119 e. The molecule has 21 heavy (non-hydrogen) atoms. The van der Waals surface area contributed by atoms with Gasteiger partial charge in [0.25, 0.3) is 0 Å². The summed E-state index contributed by atoms with van der Waals surface area (Å²) >= 11 is 7.83. The molecule has 1 unspecified atom stereocenters. The van der Waals surface area contributed by atoms with Gasteiger partial charge in [-0.3, -0.25) is 0 Å². The fourth-order valence-electron chi connectivity index (χ4n) is 2.01. The Labute approximate surface area is 135 Å². The molecule has 0 aliphatic carbocycles. The van der Waals surface area contributed by atoms with Crippen LogP contribution in [0.25, 0.3) is 0 Å². The number of hydrogen-bond acceptors (Lipinski definition) is 3. The number of ether oxygens (including phenoxy) is 1. The highest BCUT2D eigenvalue weighted by molar-refractivity contribution is 7.99. The van der Waals surface area contributed by atoms with Gasteiger partial charge in [-0.2, -0.15) is 0 Å². The van der Waals surface area contributed by atoms with Gasteiger partial charge in [-0.1, -0.05) is 42.4 Å². The topological polar surface area (TPSA) is 35.2 Å². The predicted octanol–water partition coefficient (Wildman–Crippen LogP) is 4.78. The third-order valence-corrected chi connectivity index (χ3v) is 4.63. The molecule has 0 aliphatic rings. The summed E-state index contributed by atoms with van der Waals surface area (Å²) in [5.74, 6) is 0.855. The van der Waals surface area contributed by atoms with Gasteiger partial charge in [0.1, 0.15) is 5.75 Å². The Kier molecular flexibility index (Phi) is 5.97. The number of hydrogen-bond donors (Lipinski definition) is 1. The summed E-state index contributed by atoms with van der Waals surface area (Å²) in [6, 6.07) is 14.2. The first-order chi connectivity index (χ1) is 10.1. The SMILES string of the molecule is CCC(N)Cc1ccc(Cl)cc1Sc1cccc(OC)c1.